The number of hydrogen-bond acceptors (Lipinski definition) is 4. The predicted molar refractivity (Wildman–Crippen MR) is 110 cm³/mol. The number of nitrogens with zero attached hydrogens (tertiary/aromatic N) is 1. The average molecular weight is 404 g/mol. The van der Waals surface area contributed by atoms with Crippen molar-refractivity contribution in [3.63, 3.8) is 0 Å². The Morgan fingerprint density at radius 2 is 1.67 bits per heavy atom. The smallest absolute Gasteiger partial charge is 0.243 e. The number of benzene rings is 2. The molecule has 0 aromatic heterocycles. The van der Waals surface area contributed by atoms with Gasteiger partial charge < -0.3 is 4.74 Å². The van der Waals surface area contributed by atoms with Gasteiger partial charge in [-0.2, -0.15) is 16.1 Å². The highest BCUT2D eigenvalue weighted by Gasteiger charge is 2.46. The summed E-state index contributed by atoms with van der Waals surface area (Å²) in [6.07, 6.45) is 6.02. The average Bonchev–Trinajstić information content (AvgIpc) is 2.94. The lowest BCUT2D eigenvalue weighted by molar-refractivity contribution is 0.253. The monoisotopic (exact) mass is 403 g/mol. The normalized spacial score (nSPS) is 25.5. The van der Waals surface area contributed by atoms with Gasteiger partial charge in [0.25, 0.3) is 0 Å². The Morgan fingerprint density at radius 3 is 2.26 bits per heavy atom. The SMILES string of the molecule is CSC1CC2CCC(C1)N2S(=O)(=O)c1ccc(Oc2cccc(C)c2)cc1. The second kappa shape index (κ2) is 7.49. The molecule has 0 saturated carbocycles. The van der Waals surface area contributed by atoms with Crippen molar-refractivity contribution in [2.75, 3.05) is 6.26 Å². The summed E-state index contributed by atoms with van der Waals surface area (Å²) in [5.74, 6) is 1.39. The highest BCUT2D eigenvalue weighted by atomic mass is 32.2. The van der Waals surface area contributed by atoms with Crippen LogP contribution in [0, 0.1) is 6.92 Å². The number of thioether (sulfide) groups is 1. The van der Waals surface area contributed by atoms with Crippen LogP contribution in [-0.2, 0) is 10.0 Å². The number of hydrogen-bond donors (Lipinski definition) is 0. The van der Waals surface area contributed by atoms with Crippen LogP contribution < -0.4 is 4.74 Å². The number of piperidine rings is 1. The molecule has 27 heavy (non-hydrogen) atoms. The van der Waals surface area contributed by atoms with Gasteiger partial charge in [-0.05, 0) is 80.8 Å². The van der Waals surface area contributed by atoms with Crippen LogP contribution in [-0.4, -0.2) is 36.3 Å². The Bertz CT molecular complexity index is 897. The maximum absolute atomic E-state index is 13.2. The van der Waals surface area contributed by atoms with Gasteiger partial charge in [-0.1, -0.05) is 12.1 Å². The van der Waals surface area contributed by atoms with E-state index in [0.29, 0.717) is 15.9 Å². The molecular formula is C21H25NO3S2. The van der Waals surface area contributed by atoms with Crippen LogP contribution in [0.2, 0.25) is 0 Å². The summed E-state index contributed by atoms with van der Waals surface area (Å²) in [6, 6.07) is 14.9. The molecule has 0 amide bonds. The third-order valence-electron chi connectivity index (χ3n) is 5.58. The van der Waals surface area contributed by atoms with Crippen LogP contribution in [0.15, 0.2) is 53.4 Å². The van der Waals surface area contributed by atoms with Crippen molar-refractivity contribution in [3.05, 3.63) is 54.1 Å². The Balaban J connectivity index is 1.53. The van der Waals surface area contributed by atoms with Gasteiger partial charge in [0.1, 0.15) is 11.5 Å². The minimum atomic E-state index is -3.46. The third-order valence-corrected chi connectivity index (χ3v) is 8.65. The first-order valence-electron chi connectivity index (χ1n) is 9.38. The van der Waals surface area contributed by atoms with Gasteiger partial charge in [-0.3, -0.25) is 0 Å². The first kappa shape index (κ1) is 18.8. The molecule has 2 heterocycles. The van der Waals surface area contributed by atoms with E-state index in [1.165, 1.54) is 0 Å². The Labute approximate surface area is 166 Å². The largest absolute Gasteiger partial charge is 0.457 e. The van der Waals surface area contributed by atoms with Crippen LogP contribution in [0.3, 0.4) is 0 Å². The second-order valence-electron chi connectivity index (χ2n) is 7.44. The minimum absolute atomic E-state index is 0.148. The maximum Gasteiger partial charge on any atom is 0.243 e. The van der Waals surface area contributed by atoms with Crippen LogP contribution in [0.4, 0.5) is 0 Å². The highest BCUT2D eigenvalue weighted by molar-refractivity contribution is 7.99. The van der Waals surface area contributed by atoms with Gasteiger partial charge in [-0.15, -0.1) is 0 Å². The zero-order chi connectivity index (χ0) is 19.0. The van der Waals surface area contributed by atoms with Crippen molar-refractivity contribution in [3.8, 4) is 11.5 Å². The van der Waals surface area contributed by atoms with Crippen molar-refractivity contribution < 1.29 is 13.2 Å². The molecule has 4 nitrogen and oxygen atoms in total. The summed E-state index contributed by atoms with van der Waals surface area (Å²) >= 11 is 1.87. The molecular weight excluding hydrogens is 378 g/mol. The standard InChI is InChI=1S/C21H25NO3S2/c1-15-4-3-5-19(12-15)25-18-8-10-21(11-9-18)27(23,24)22-16-6-7-17(22)14-20(13-16)26-2/h3-5,8-12,16-17,20H,6-7,13-14H2,1-2H3. The molecule has 2 fully saturated rings. The number of rotatable bonds is 5. The van der Waals surface area contributed by atoms with Crippen molar-refractivity contribution in [1.29, 1.82) is 0 Å². The zero-order valence-electron chi connectivity index (χ0n) is 15.7. The number of ether oxygens (including phenoxy) is 1. The first-order chi connectivity index (χ1) is 13.0. The molecule has 2 unspecified atom stereocenters. The van der Waals surface area contributed by atoms with Crippen LogP contribution >= 0.6 is 11.8 Å². The van der Waals surface area contributed by atoms with Crippen LogP contribution in [0.5, 0.6) is 11.5 Å². The number of sulfonamides is 1. The lowest BCUT2D eigenvalue weighted by Crippen LogP contribution is -2.47. The summed E-state index contributed by atoms with van der Waals surface area (Å²) in [6.45, 7) is 2.01. The van der Waals surface area contributed by atoms with Crippen molar-refractivity contribution in [2.24, 2.45) is 0 Å². The molecule has 0 N–H and O–H groups in total. The summed E-state index contributed by atoms with van der Waals surface area (Å²) in [7, 11) is -3.46. The van der Waals surface area contributed by atoms with E-state index in [2.05, 4.69) is 6.26 Å². The Kier molecular flexibility index (Phi) is 5.23. The summed E-state index contributed by atoms with van der Waals surface area (Å²) < 4.78 is 34.1. The van der Waals surface area contributed by atoms with Crippen molar-refractivity contribution in [2.45, 2.75) is 54.8 Å². The topological polar surface area (TPSA) is 46.6 Å². The molecule has 2 bridgehead atoms. The van der Waals surface area contributed by atoms with E-state index in [4.69, 9.17) is 4.74 Å². The lowest BCUT2D eigenvalue weighted by atomic mass is 10.1. The molecule has 4 rings (SSSR count). The van der Waals surface area contributed by atoms with E-state index < -0.39 is 10.0 Å². The fourth-order valence-corrected chi connectivity index (χ4v) is 7.01. The zero-order valence-corrected chi connectivity index (χ0v) is 17.3. The van der Waals surface area contributed by atoms with E-state index in [-0.39, 0.29) is 12.1 Å². The molecule has 2 aliphatic rings. The molecule has 6 heteroatoms. The van der Waals surface area contributed by atoms with Crippen LogP contribution in [0.1, 0.15) is 31.2 Å². The van der Waals surface area contributed by atoms with E-state index in [9.17, 15) is 8.42 Å². The minimum Gasteiger partial charge on any atom is -0.457 e. The van der Waals surface area contributed by atoms with Crippen molar-refractivity contribution >= 4 is 21.8 Å². The summed E-state index contributed by atoms with van der Waals surface area (Å²) in [4.78, 5) is 0.360. The second-order valence-corrected chi connectivity index (χ2v) is 10.4. The molecule has 144 valence electrons. The predicted octanol–water partition coefficient (Wildman–Crippen LogP) is 4.83. The fraction of sp³-hybridized carbons (Fsp3) is 0.429. The van der Waals surface area contributed by atoms with Crippen molar-refractivity contribution in [1.82, 2.24) is 4.31 Å². The maximum atomic E-state index is 13.2. The van der Waals surface area contributed by atoms with Gasteiger partial charge >= 0.3 is 0 Å². The van der Waals surface area contributed by atoms with Gasteiger partial charge in [-0.25, -0.2) is 8.42 Å². The van der Waals surface area contributed by atoms with Crippen LogP contribution in [0.25, 0.3) is 0 Å². The molecule has 0 aliphatic carbocycles. The Morgan fingerprint density at radius 1 is 1.00 bits per heavy atom. The molecule has 2 aliphatic heterocycles. The quantitative estimate of drug-likeness (QED) is 0.717. The van der Waals surface area contributed by atoms with E-state index in [1.54, 1.807) is 28.6 Å². The summed E-state index contributed by atoms with van der Waals surface area (Å²) in [5.41, 5.74) is 1.12. The Hall–Kier alpha value is -1.50. The molecule has 2 aromatic rings. The number of aryl methyl sites for hydroxylation is 1. The van der Waals surface area contributed by atoms with Gasteiger partial charge in [0.15, 0.2) is 0 Å². The highest BCUT2D eigenvalue weighted by Crippen LogP contribution is 2.42. The molecule has 2 atom stereocenters. The van der Waals surface area contributed by atoms with Gasteiger partial charge in [0.05, 0.1) is 4.90 Å². The van der Waals surface area contributed by atoms with Gasteiger partial charge in [0.2, 0.25) is 10.0 Å². The molecule has 2 aromatic carbocycles. The first-order valence-corrected chi connectivity index (χ1v) is 12.1. The fourth-order valence-electron chi connectivity index (χ4n) is 4.29. The van der Waals surface area contributed by atoms with E-state index in [0.717, 1.165) is 37.0 Å². The number of fused-ring (bicyclic) bond motifs is 2. The van der Waals surface area contributed by atoms with E-state index >= 15 is 0 Å². The summed E-state index contributed by atoms with van der Waals surface area (Å²) in [5, 5.41) is 0.582. The molecule has 0 radical (unpaired) electrons. The molecule has 2 saturated heterocycles. The van der Waals surface area contributed by atoms with E-state index in [1.807, 2.05) is 43.0 Å². The molecule has 0 spiro atoms. The lowest BCUT2D eigenvalue weighted by Gasteiger charge is -2.37. The van der Waals surface area contributed by atoms with Gasteiger partial charge in [0, 0.05) is 17.3 Å². The third kappa shape index (κ3) is 3.75.